The topological polar surface area (TPSA) is 87.1 Å². The molecule has 0 saturated heterocycles. The molecule has 0 radical (unpaired) electrons. The van der Waals surface area contributed by atoms with E-state index in [9.17, 15) is 10.0 Å². The summed E-state index contributed by atoms with van der Waals surface area (Å²) in [6.45, 7) is 1.94. The van der Waals surface area contributed by atoms with Gasteiger partial charge in [0.25, 0.3) is 5.91 Å². The van der Waals surface area contributed by atoms with E-state index in [0.29, 0.717) is 22.6 Å². The second-order valence-electron chi connectivity index (χ2n) is 6.69. The predicted octanol–water partition coefficient (Wildman–Crippen LogP) is 4.19. The van der Waals surface area contributed by atoms with Crippen LogP contribution in [-0.2, 0) is 4.79 Å². The van der Waals surface area contributed by atoms with Gasteiger partial charge in [-0.05, 0) is 24.6 Å². The first-order valence-corrected chi connectivity index (χ1v) is 9.60. The lowest BCUT2D eigenvalue weighted by molar-refractivity contribution is -0.121. The Balaban J connectivity index is 2.43. The van der Waals surface area contributed by atoms with Gasteiger partial charge in [0.2, 0.25) is 0 Å². The van der Waals surface area contributed by atoms with Crippen LogP contribution in [0.4, 0.5) is 0 Å². The van der Waals surface area contributed by atoms with Crippen molar-refractivity contribution in [2.75, 3.05) is 28.3 Å². The van der Waals surface area contributed by atoms with Crippen LogP contribution < -0.4 is 9.47 Å². The van der Waals surface area contributed by atoms with Gasteiger partial charge >= 0.3 is 0 Å². The van der Waals surface area contributed by atoms with Crippen molar-refractivity contribution in [2.45, 2.75) is 6.92 Å². The standard InChI is InChI=1S/C21H22BrN3O4/c1-11-16(12-6-8-13(22)9-7-12)17-14(28-4)10-15(29-5)18(19(17)23-11)20(24-27)21(26)25(2)3/h6-10,23,27H,1-5H3/b24-20-. The van der Waals surface area contributed by atoms with Crippen molar-refractivity contribution in [3.05, 3.63) is 46.1 Å². The van der Waals surface area contributed by atoms with Crippen molar-refractivity contribution in [3.63, 3.8) is 0 Å². The third kappa shape index (κ3) is 3.55. The Kier molecular flexibility index (Phi) is 5.83. The first-order chi connectivity index (χ1) is 13.8. The van der Waals surface area contributed by atoms with Crippen molar-refractivity contribution in [1.82, 2.24) is 9.88 Å². The Morgan fingerprint density at radius 2 is 1.76 bits per heavy atom. The van der Waals surface area contributed by atoms with Gasteiger partial charge in [-0.25, -0.2) is 0 Å². The zero-order valence-corrected chi connectivity index (χ0v) is 18.4. The minimum atomic E-state index is -0.449. The molecule has 0 fully saturated rings. The fourth-order valence-corrected chi connectivity index (χ4v) is 3.66. The molecule has 7 nitrogen and oxygen atoms in total. The molecule has 152 valence electrons. The first kappa shape index (κ1) is 20.7. The molecule has 0 saturated carbocycles. The van der Waals surface area contributed by atoms with E-state index in [1.807, 2.05) is 31.2 Å². The summed E-state index contributed by atoms with van der Waals surface area (Å²) in [6, 6.07) is 9.60. The maximum atomic E-state index is 12.7. The van der Waals surface area contributed by atoms with E-state index in [1.54, 1.807) is 27.3 Å². The number of fused-ring (bicyclic) bond motifs is 1. The summed E-state index contributed by atoms with van der Waals surface area (Å²) < 4.78 is 12.1. The Morgan fingerprint density at radius 1 is 1.14 bits per heavy atom. The number of methoxy groups -OCH3 is 2. The van der Waals surface area contributed by atoms with E-state index < -0.39 is 5.91 Å². The molecule has 1 aromatic heterocycles. The van der Waals surface area contributed by atoms with Gasteiger partial charge in [-0.2, -0.15) is 0 Å². The number of aromatic amines is 1. The zero-order valence-electron chi connectivity index (χ0n) is 16.8. The molecule has 0 aliphatic heterocycles. The van der Waals surface area contributed by atoms with Crippen LogP contribution in [-0.4, -0.2) is 55.0 Å². The number of likely N-dealkylation sites (N-methyl/N-ethyl adjacent to an activating group) is 1. The molecule has 1 amide bonds. The highest BCUT2D eigenvalue weighted by molar-refractivity contribution is 9.10. The summed E-state index contributed by atoms with van der Waals surface area (Å²) in [5, 5.41) is 13.7. The lowest BCUT2D eigenvalue weighted by Gasteiger charge is -2.16. The molecule has 0 aliphatic carbocycles. The molecule has 2 N–H and O–H groups in total. The lowest BCUT2D eigenvalue weighted by atomic mass is 9.97. The minimum Gasteiger partial charge on any atom is -0.496 e. The number of halogens is 1. The van der Waals surface area contributed by atoms with Gasteiger partial charge < -0.3 is 24.6 Å². The number of aryl methyl sites for hydroxylation is 1. The fraction of sp³-hybridized carbons (Fsp3) is 0.238. The Bertz CT molecular complexity index is 1100. The summed E-state index contributed by atoms with van der Waals surface area (Å²) in [4.78, 5) is 17.3. The van der Waals surface area contributed by atoms with E-state index in [0.717, 1.165) is 26.7 Å². The molecular formula is C21H22BrN3O4. The Morgan fingerprint density at radius 3 is 2.28 bits per heavy atom. The van der Waals surface area contributed by atoms with Crippen molar-refractivity contribution in [3.8, 4) is 22.6 Å². The Labute approximate surface area is 177 Å². The number of carbonyl (C=O) groups excluding carboxylic acids is 1. The number of benzene rings is 2. The van der Waals surface area contributed by atoms with Crippen LogP contribution >= 0.6 is 15.9 Å². The number of hydrogen-bond acceptors (Lipinski definition) is 5. The smallest absolute Gasteiger partial charge is 0.276 e. The van der Waals surface area contributed by atoms with Crippen molar-refractivity contribution in [2.24, 2.45) is 5.16 Å². The minimum absolute atomic E-state index is 0.122. The van der Waals surface area contributed by atoms with E-state index in [2.05, 4.69) is 26.1 Å². The zero-order chi connectivity index (χ0) is 21.3. The number of amides is 1. The van der Waals surface area contributed by atoms with E-state index in [1.165, 1.54) is 12.0 Å². The molecule has 3 aromatic rings. The highest BCUT2D eigenvalue weighted by atomic mass is 79.9. The summed E-state index contributed by atoms with van der Waals surface area (Å²) >= 11 is 3.46. The SMILES string of the molecule is COc1cc(OC)c2c(-c3ccc(Br)cc3)c(C)[nH]c2c1/C(=N/O)C(=O)N(C)C. The molecular weight excluding hydrogens is 438 g/mol. The number of oxime groups is 1. The number of hydrogen-bond donors (Lipinski definition) is 2. The maximum Gasteiger partial charge on any atom is 0.276 e. The third-order valence-corrected chi connectivity index (χ3v) is 5.24. The summed E-state index contributed by atoms with van der Waals surface area (Å²) in [7, 11) is 6.25. The summed E-state index contributed by atoms with van der Waals surface area (Å²) in [6.07, 6.45) is 0. The van der Waals surface area contributed by atoms with E-state index in [-0.39, 0.29) is 5.71 Å². The molecule has 0 atom stereocenters. The average Bonchev–Trinajstić information content (AvgIpc) is 3.05. The van der Waals surface area contributed by atoms with Gasteiger partial charge in [0.15, 0.2) is 5.71 Å². The van der Waals surface area contributed by atoms with Gasteiger partial charge in [-0.3, -0.25) is 4.79 Å². The van der Waals surface area contributed by atoms with Crippen molar-refractivity contribution < 1.29 is 19.5 Å². The van der Waals surface area contributed by atoms with Gasteiger partial charge in [0.05, 0.1) is 30.7 Å². The Hall–Kier alpha value is -3.00. The van der Waals surface area contributed by atoms with Crippen LogP contribution in [0.3, 0.4) is 0 Å². The van der Waals surface area contributed by atoms with Crippen LogP contribution in [0.15, 0.2) is 40.0 Å². The number of H-pyrrole nitrogens is 1. The third-order valence-electron chi connectivity index (χ3n) is 4.71. The molecule has 0 unspecified atom stereocenters. The highest BCUT2D eigenvalue weighted by Gasteiger charge is 2.28. The fourth-order valence-electron chi connectivity index (χ4n) is 3.39. The summed E-state index contributed by atoms with van der Waals surface area (Å²) in [5.74, 6) is 0.494. The predicted molar refractivity (Wildman–Crippen MR) is 116 cm³/mol. The van der Waals surface area contributed by atoms with Gasteiger partial charge in [-0.1, -0.05) is 33.2 Å². The van der Waals surface area contributed by atoms with Crippen molar-refractivity contribution >= 4 is 38.5 Å². The normalized spacial score (nSPS) is 11.6. The van der Waals surface area contributed by atoms with Crippen LogP contribution in [0.5, 0.6) is 11.5 Å². The van der Waals surface area contributed by atoms with Crippen LogP contribution in [0.1, 0.15) is 11.3 Å². The molecule has 0 bridgehead atoms. The molecule has 2 aromatic carbocycles. The molecule has 1 heterocycles. The molecule has 0 spiro atoms. The molecule has 29 heavy (non-hydrogen) atoms. The lowest BCUT2D eigenvalue weighted by Crippen LogP contribution is -2.31. The monoisotopic (exact) mass is 459 g/mol. The van der Waals surface area contributed by atoms with Crippen LogP contribution in [0.25, 0.3) is 22.0 Å². The summed E-state index contributed by atoms with van der Waals surface area (Å²) in [5.41, 5.74) is 3.64. The number of nitrogens with zero attached hydrogens (tertiary/aromatic N) is 2. The number of carbonyl (C=O) groups is 1. The van der Waals surface area contributed by atoms with Crippen molar-refractivity contribution in [1.29, 1.82) is 0 Å². The maximum absolute atomic E-state index is 12.7. The number of aromatic nitrogens is 1. The van der Waals surface area contributed by atoms with E-state index in [4.69, 9.17) is 9.47 Å². The largest absolute Gasteiger partial charge is 0.496 e. The highest BCUT2D eigenvalue weighted by Crippen LogP contribution is 2.43. The molecule has 8 heteroatoms. The van der Waals surface area contributed by atoms with Gasteiger partial charge in [0.1, 0.15) is 11.5 Å². The van der Waals surface area contributed by atoms with Crippen LogP contribution in [0, 0.1) is 6.92 Å². The first-order valence-electron chi connectivity index (χ1n) is 8.81. The van der Waals surface area contributed by atoms with E-state index >= 15 is 0 Å². The van der Waals surface area contributed by atoms with Gasteiger partial charge in [-0.15, -0.1) is 0 Å². The number of nitrogens with one attached hydrogen (secondary N) is 1. The molecule has 0 aliphatic rings. The average molecular weight is 460 g/mol. The van der Waals surface area contributed by atoms with Gasteiger partial charge in [0, 0.05) is 35.9 Å². The number of rotatable bonds is 5. The second-order valence-corrected chi connectivity index (χ2v) is 7.60. The molecule has 3 rings (SSSR count). The van der Waals surface area contributed by atoms with Crippen LogP contribution in [0.2, 0.25) is 0 Å². The second kappa shape index (κ2) is 8.16. The quantitative estimate of drug-likeness (QED) is 0.340. The number of ether oxygens (including phenoxy) is 2.